The molecule has 0 saturated carbocycles. The zero-order valence-corrected chi connectivity index (χ0v) is 11.9. The molecule has 0 heterocycles. The van der Waals surface area contributed by atoms with Crippen LogP contribution in [0.2, 0.25) is 0 Å². The van der Waals surface area contributed by atoms with Crippen LogP contribution < -0.4 is 10.6 Å². The molecule has 0 aliphatic rings. The van der Waals surface area contributed by atoms with E-state index in [1.165, 1.54) is 6.07 Å². The summed E-state index contributed by atoms with van der Waals surface area (Å²) in [5.74, 6) is 0.492. The molecule has 0 aromatic heterocycles. The van der Waals surface area contributed by atoms with Gasteiger partial charge in [-0.3, -0.25) is 4.99 Å². The van der Waals surface area contributed by atoms with E-state index in [4.69, 9.17) is 0 Å². The maximum atomic E-state index is 13.0. The third-order valence-electron chi connectivity index (χ3n) is 2.33. The molecule has 0 aliphatic heterocycles. The highest BCUT2D eigenvalue weighted by Crippen LogP contribution is 2.16. The van der Waals surface area contributed by atoms with Gasteiger partial charge in [-0.25, -0.2) is 4.39 Å². The summed E-state index contributed by atoms with van der Waals surface area (Å²) < 4.78 is 13.5. The first-order valence-electron chi connectivity index (χ1n) is 5.66. The normalized spacial score (nSPS) is 11.2. The van der Waals surface area contributed by atoms with Crippen molar-refractivity contribution in [1.82, 2.24) is 10.6 Å². The molecular weight excluding hydrogens is 297 g/mol. The van der Waals surface area contributed by atoms with Crippen molar-refractivity contribution in [3.8, 4) is 0 Å². The van der Waals surface area contributed by atoms with E-state index >= 15 is 0 Å². The predicted molar refractivity (Wildman–Crippen MR) is 77.4 cm³/mol. The Morgan fingerprint density at radius 1 is 1.50 bits per heavy atom. The van der Waals surface area contributed by atoms with Gasteiger partial charge in [-0.1, -0.05) is 12.1 Å². The Kier molecular flexibility index (Phi) is 6.43. The lowest BCUT2D eigenvalue weighted by atomic mass is 10.1. The Bertz CT molecular complexity index is 432. The van der Waals surface area contributed by atoms with Gasteiger partial charge in [-0.05, 0) is 40.0 Å². The van der Waals surface area contributed by atoms with Crippen molar-refractivity contribution in [3.05, 3.63) is 46.7 Å². The van der Waals surface area contributed by atoms with E-state index in [-0.39, 0.29) is 5.82 Å². The number of rotatable bonds is 5. The van der Waals surface area contributed by atoms with Crippen molar-refractivity contribution in [2.45, 2.75) is 6.42 Å². The van der Waals surface area contributed by atoms with Gasteiger partial charge in [0.1, 0.15) is 5.82 Å². The summed E-state index contributed by atoms with van der Waals surface area (Å²) in [5.41, 5.74) is 1.06. The van der Waals surface area contributed by atoms with Gasteiger partial charge >= 0.3 is 0 Å². The minimum absolute atomic E-state index is 0.241. The fourth-order valence-corrected chi connectivity index (χ4v) is 1.84. The average Bonchev–Trinajstić information content (AvgIpc) is 2.37. The fourth-order valence-electron chi connectivity index (χ4n) is 1.41. The Hall–Kier alpha value is -1.36. The molecule has 1 aromatic rings. The second-order valence-corrected chi connectivity index (χ2v) is 4.52. The number of aliphatic imine (C=N–C) groups is 1. The van der Waals surface area contributed by atoms with Gasteiger partial charge in [0.05, 0.1) is 4.47 Å². The molecule has 0 spiro atoms. The van der Waals surface area contributed by atoms with Gasteiger partial charge in [-0.15, -0.1) is 6.58 Å². The van der Waals surface area contributed by atoms with Gasteiger partial charge in [0.25, 0.3) is 0 Å². The van der Waals surface area contributed by atoms with Crippen LogP contribution in [-0.4, -0.2) is 26.1 Å². The molecule has 1 rings (SSSR count). The molecular formula is C13H17BrFN3. The number of hydrogen-bond acceptors (Lipinski definition) is 1. The van der Waals surface area contributed by atoms with Crippen molar-refractivity contribution in [2.24, 2.45) is 4.99 Å². The molecule has 18 heavy (non-hydrogen) atoms. The van der Waals surface area contributed by atoms with Gasteiger partial charge in [-0.2, -0.15) is 0 Å². The summed E-state index contributed by atoms with van der Waals surface area (Å²) in [4.78, 5) is 4.07. The minimum atomic E-state index is -0.241. The largest absolute Gasteiger partial charge is 0.356 e. The van der Waals surface area contributed by atoms with Crippen molar-refractivity contribution in [1.29, 1.82) is 0 Å². The molecule has 0 aliphatic carbocycles. The van der Waals surface area contributed by atoms with E-state index in [0.717, 1.165) is 24.5 Å². The lowest BCUT2D eigenvalue weighted by Gasteiger charge is -2.10. The zero-order chi connectivity index (χ0) is 13.4. The highest BCUT2D eigenvalue weighted by Gasteiger charge is 2.01. The quantitative estimate of drug-likeness (QED) is 0.498. The molecule has 0 saturated heterocycles. The van der Waals surface area contributed by atoms with Crippen LogP contribution in [0.4, 0.5) is 4.39 Å². The molecule has 98 valence electrons. The Labute approximate surface area is 115 Å². The summed E-state index contributed by atoms with van der Waals surface area (Å²) in [6, 6.07) is 5.03. The van der Waals surface area contributed by atoms with Crippen molar-refractivity contribution in [3.63, 3.8) is 0 Å². The van der Waals surface area contributed by atoms with Crippen molar-refractivity contribution in [2.75, 3.05) is 20.1 Å². The van der Waals surface area contributed by atoms with E-state index in [2.05, 4.69) is 38.1 Å². The van der Waals surface area contributed by atoms with Gasteiger partial charge < -0.3 is 10.6 Å². The zero-order valence-electron chi connectivity index (χ0n) is 10.3. The highest BCUT2D eigenvalue weighted by molar-refractivity contribution is 9.10. The van der Waals surface area contributed by atoms with Crippen LogP contribution in [0.15, 0.2) is 40.3 Å². The van der Waals surface area contributed by atoms with E-state index in [1.54, 1.807) is 25.3 Å². The molecule has 0 bridgehead atoms. The molecule has 0 amide bonds. The average molecular weight is 314 g/mol. The van der Waals surface area contributed by atoms with Gasteiger partial charge in [0.2, 0.25) is 0 Å². The lowest BCUT2D eigenvalue weighted by Crippen LogP contribution is -2.38. The van der Waals surface area contributed by atoms with E-state index in [9.17, 15) is 4.39 Å². The molecule has 0 fully saturated rings. The maximum absolute atomic E-state index is 13.0. The summed E-state index contributed by atoms with van der Waals surface area (Å²) in [6.45, 7) is 5.03. The summed E-state index contributed by atoms with van der Waals surface area (Å²) >= 11 is 3.17. The topological polar surface area (TPSA) is 36.4 Å². The van der Waals surface area contributed by atoms with Gasteiger partial charge in [0, 0.05) is 20.1 Å². The second kappa shape index (κ2) is 7.87. The molecule has 5 heteroatoms. The van der Waals surface area contributed by atoms with E-state index in [0.29, 0.717) is 11.0 Å². The van der Waals surface area contributed by atoms with Crippen LogP contribution in [0, 0.1) is 5.82 Å². The number of hydrogen-bond donors (Lipinski definition) is 2. The van der Waals surface area contributed by atoms with Crippen molar-refractivity contribution >= 4 is 21.9 Å². The molecule has 0 radical (unpaired) electrons. The van der Waals surface area contributed by atoms with Crippen LogP contribution in [0.1, 0.15) is 5.56 Å². The highest BCUT2D eigenvalue weighted by atomic mass is 79.9. The van der Waals surface area contributed by atoms with Crippen LogP contribution in [0.25, 0.3) is 0 Å². The third kappa shape index (κ3) is 4.87. The smallest absolute Gasteiger partial charge is 0.191 e. The first-order chi connectivity index (χ1) is 8.67. The van der Waals surface area contributed by atoms with Crippen molar-refractivity contribution < 1.29 is 4.39 Å². The second-order valence-electron chi connectivity index (χ2n) is 3.67. The first kappa shape index (κ1) is 14.7. The maximum Gasteiger partial charge on any atom is 0.191 e. The van der Waals surface area contributed by atoms with Crippen LogP contribution in [0.5, 0.6) is 0 Å². The molecule has 2 N–H and O–H groups in total. The minimum Gasteiger partial charge on any atom is -0.356 e. The third-order valence-corrected chi connectivity index (χ3v) is 2.94. The van der Waals surface area contributed by atoms with Crippen LogP contribution in [-0.2, 0) is 6.42 Å². The Balaban J connectivity index is 2.40. The molecule has 1 aromatic carbocycles. The molecule has 0 atom stereocenters. The number of benzene rings is 1. The number of halogens is 2. The summed E-state index contributed by atoms with van der Waals surface area (Å²) in [7, 11) is 1.72. The summed E-state index contributed by atoms with van der Waals surface area (Å²) in [5, 5.41) is 6.25. The van der Waals surface area contributed by atoms with Gasteiger partial charge in [0.15, 0.2) is 5.96 Å². The lowest BCUT2D eigenvalue weighted by molar-refractivity contribution is 0.620. The predicted octanol–water partition coefficient (Wildman–Crippen LogP) is 2.48. The summed E-state index contributed by atoms with van der Waals surface area (Å²) in [6.07, 6.45) is 2.57. The SMILES string of the molecule is C=CCNC(=NC)NCCc1ccc(F)c(Br)c1. The Morgan fingerprint density at radius 3 is 2.89 bits per heavy atom. The van der Waals surface area contributed by atoms with E-state index in [1.807, 2.05) is 0 Å². The van der Waals surface area contributed by atoms with E-state index < -0.39 is 0 Å². The first-order valence-corrected chi connectivity index (χ1v) is 6.46. The standard InChI is InChI=1S/C13H17BrFN3/c1-3-7-17-13(16-2)18-8-6-10-4-5-12(15)11(14)9-10/h3-5,9H,1,6-8H2,2H3,(H2,16,17,18). The number of guanidine groups is 1. The number of nitrogens with zero attached hydrogens (tertiary/aromatic N) is 1. The Morgan fingerprint density at radius 2 is 2.28 bits per heavy atom. The van der Waals surface area contributed by atoms with Crippen LogP contribution >= 0.6 is 15.9 Å². The monoisotopic (exact) mass is 313 g/mol. The fraction of sp³-hybridized carbons (Fsp3) is 0.308. The molecule has 0 unspecified atom stereocenters. The molecule has 3 nitrogen and oxygen atoms in total. The number of nitrogens with one attached hydrogen (secondary N) is 2. The van der Waals surface area contributed by atoms with Crippen LogP contribution in [0.3, 0.4) is 0 Å².